The molecule has 0 aliphatic heterocycles. The zero-order chi connectivity index (χ0) is 6.85. The predicted molar refractivity (Wildman–Crippen MR) is 50.9 cm³/mol. The maximum atomic E-state index is 12.3. The van der Waals surface area contributed by atoms with Gasteiger partial charge in [0.05, 0.1) is 4.90 Å². The van der Waals surface area contributed by atoms with Gasteiger partial charge in [0, 0.05) is 0 Å². The van der Waals surface area contributed by atoms with E-state index in [1.165, 1.54) is 6.07 Å². The fraction of sp³-hybridized carbons (Fsp3) is 0. The van der Waals surface area contributed by atoms with Crippen molar-refractivity contribution >= 4 is 25.0 Å². The topological polar surface area (TPSA) is 0 Å². The van der Waals surface area contributed by atoms with Crippen LogP contribution in [0.4, 0.5) is 27.6 Å². The summed E-state index contributed by atoms with van der Waals surface area (Å²) < 4.78 is 24.5. The van der Waals surface area contributed by atoms with E-state index in [1.54, 1.807) is 0 Å². The molecule has 0 aliphatic rings. The van der Waals surface area contributed by atoms with E-state index in [0.717, 1.165) is 12.1 Å². The summed E-state index contributed by atoms with van der Waals surface area (Å²) in [4.78, 5) is -0.225. The number of hydrogen-bond acceptors (Lipinski definition) is 1. The summed E-state index contributed by atoms with van der Waals surface area (Å²) in [5, 5.41) is 0. The third-order valence-electron chi connectivity index (χ3n) is 0.938. The number of halogens is 7. The van der Waals surface area contributed by atoms with Crippen LogP contribution >= 0.6 is 25.0 Å². The molecule has 0 radical (unpaired) electrons. The summed E-state index contributed by atoms with van der Waals surface area (Å²) >= 11 is 3.56. The number of benzene rings is 1. The average molecular weight is 263 g/mol. The van der Waals surface area contributed by atoms with Crippen LogP contribution in [0.5, 0.6) is 0 Å². The van der Waals surface area contributed by atoms with E-state index in [1.807, 2.05) is 0 Å². The summed E-state index contributed by atoms with van der Waals surface area (Å²) in [6, 6.07) is 3.61. The molecule has 8 heteroatoms. The Kier molecular flexibility index (Phi) is 25.9. The molecule has 0 amide bonds. The monoisotopic (exact) mass is 262 g/mol. The molecule has 0 saturated heterocycles. The first-order chi connectivity index (χ1) is 4.22. The normalized spacial score (nSPS) is 6.21. The van der Waals surface area contributed by atoms with Crippen molar-refractivity contribution in [3.8, 4) is 0 Å². The van der Waals surface area contributed by atoms with Crippen LogP contribution in [0, 0.1) is 11.6 Å². The van der Waals surface area contributed by atoms with Crippen LogP contribution in [0.3, 0.4) is 0 Å². The molecule has 0 aliphatic carbocycles. The highest BCUT2D eigenvalue weighted by molar-refractivity contribution is 7.80. The van der Waals surface area contributed by atoms with Gasteiger partial charge in [-0.3, -0.25) is 18.8 Å². The summed E-state index contributed by atoms with van der Waals surface area (Å²) in [5.74, 6) is -1.25. The van der Waals surface area contributed by atoms with Gasteiger partial charge in [0.2, 0.25) is 0 Å². The molecule has 1 aromatic rings. The van der Waals surface area contributed by atoms with E-state index in [9.17, 15) is 8.78 Å². The Bertz CT molecular complexity index is 213. The average Bonchev–Trinajstić information content (AvgIpc) is 1.83. The van der Waals surface area contributed by atoms with E-state index < -0.39 is 11.6 Å². The van der Waals surface area contributed by atoms with E-state index in [-0.39, 0.29) is 36.1 Å². The molecular weight excluding hydrogens is 254 g/mol. The van der Waals surface area contributed by atoms with Crippen LogP contribution in [-0.2, 0) is 0 Å². The van der Waals surface area contributed by atoms with Gasteiger partial charge < -0.3 is 0 Å². The van der Waals surface area contributed by atoms with E-state index in [0.29, 0.717) is 0 Å². The Morgan fingerprint density at radius 3 is 1.36 bits per heavy atom. The van der Waals surface area contributed by atoms with E-state index >= 15 is 0 Å². The molecule has 0 saturated carbocycles. The molecule has 0 atom stereocenters. The largest absolute Gasteiger partial charge is 0.269 e. The fourth-order valence-electron chi connectivity index (χ4n) is 0.489. The molecule has 0 N–H and O–H groups in total. The van der Waals surface area contributed by atoms with Gasteiger partial charge in [-0.25, -0.2) is 8.78 Å². The van der Waals surface area contributed by atoms with Crippen molar-refractivity contribution in [1.82, 2.24) is 0 Å². The van der Waals surface area contributed by atoms with Gasteiger partial charge >= 0.3 is 0 Å². The minimum Gasteiger partial charge on any atom is -0.269 e. The Morgan fingerprint density at radius 2 is 1.14 bits per heavy atom. The number of hydrogen-bond donors (Lipinski definition) is 1. The fourth-order valence-corrected chi connectivity index (χ4v) is 0.638. The molecule has 0 spiro atoms. The zero-order valence-corrected chi connectivity index (χ0v) is 8.19. The molecule has 0 heterocycles. The molecule has 1 rings (SSSR count). The van der Waals surface area contributed by atoms with Crippen LogP contribution in [0.15, 0.2) is 23.1 Å². The number of rotatable bonds is 0. The molecule has 0 nitrogen and oxygen atoms in total. The summed E-state index contributed by atoms with van der Waals surface area (Å²) in [6.07, 6.45) is 0. The lowest BCUT2D eigenvalue weighted by molar-refractivity contribution is 0.541. The maximum Gasteiger partial charge on any atom is 0.139 e. The third-order valence-corrected chi connectivity index (χ3v) is 1.36. The molecule has 0 unspecified atom stereocenters. The van der Waals surface area contributed by atoms with Gasteiger partial charge in [-0.05, 0) is 12.1 Å². The molecule has 0 fully saturated rings. The van der Waals surface area contributed by atoms with Gasteiger partial charge in [0.1, 0.15) is 11.6 Å². The molecular formula is C6H9ClF6S. The molecule has 0 aromatic heterocycles. The smallest absolute Gasteiger partial charge is 0.139 e. The number of thiol groups is 1. The van der Waals surface area contributed by atoms with Crippen molar-refractivity contribution < 1.29 is 27.6 Å². The van der Waals surface area contributed by atoms with Crippen LogP contribution in [0.2, 0.25) is 0 Å². The van der Waals surface area contributed by atoms with Crippen molar-refractivity contribution in [2.24, 2.45) is 0 Å². The molecule has 1 aromatic carbocycles. The lowest BCUT2D eigenvalue weighted by Gasteiger charge is -1.93. The van der Waals surface area contributed by atoms with Crippen LogP contribution in [0.25, 0.3) is 0 Å². The van der Waals surface area contributed by atoms with Gasteiger partial charge in [-0.2, -0.15) is 0 Å². The SMILES string of the molecule is Cl.F.F.F.F.Fc1cccc(F)c1S. The first-order valence-electron chi connectivity index (χ1n) is 2.35. The molecule has 0 bridgehead atoms. The second-order valence-corrected chi connectivity index (χ2v) is 2.02. The lowest BCUT2D eigenvalue weighted by Crippen LogP contribution is -1.81. The van der Waals surface area contributed by atoms with Gasteiger partial charge in [0.25, 0.3) is 0 Å². The van der Waals surface area contributed by atoms with Crippen molar-refractivity contribution in [3.63, 3.8) is 0 Å². The minimum absolute atomic E-state index is 0. The summed E-state index contributed by atoms with van der Waals surface area (Å²) in [5.41, 5.74) is 0. The van der Waals surface area contributed by atoms with Crippen LogP contribution < -0.4 is 0 Å². The van der Waals surface area contributed by atoms with Crippen molar-refractivity contribution in [3.05, 3.63) is 29.8 Å². The highest BCUT2D eigenvalue weighted by atomic mass is 35.5. The highest BCUT2D eigenvalue weighted by Gasteiger charge is 2.00. The maximum absolute atomic E-state index is 12.3. The van der Waals surface area contributed by atoms with Gasteiger partial charge in [0.15, 0.2) is 0 Å². The van der Waals surface area contributed by atoms with Crippen molar-refractivity contribution in [2.75, 3.05) is 0 Å². The first-order valence-corrected chi connectivity index (χ1v) is 2.79. The summed E-state index contributed by atoms with van der Waals surface area (Å²) in [6.45, 7) is 0. The Labute approximate surface area is 88.0 Å². The van der Waals surface area contributed by atoms with Crippen LogP contribution in [0.1, 0.15) is 0 Å². The second-order valence-electron chi connectivity index (χ2n) is 1.57. The van der Waals surface area contributed by atoms with E-state index in [4.69, 9.17) is 0 Å². The van der Waals surface area contributed by atoms with Gasteiger partial charge in [-0.1, -0.05) is 6.07 Å². The third kappa shape index (κ3) is 6.90. The molecule has 88 valence electrons. The van der Waals surface area contributed by atoms with Gasteiger partial charge in [-0.15, -0.1) is 25.0 Å². The van der Waals surface area contributed by atoms with E-state index in [2.05, 4.69) is 12.6 Å². The lowest BCUT2D eigenvalue weighted by atomic mass is 10.3. The Balaban J connectivity index is -0.0000000540. The quantitative estimate of drug-likeness (QED) is 0.538. The summed E-state index contributed by atoms with van der Waals surface area (Å²) in [7, 11) is 0. The molecule has 14 heavy (non-hydrogen) atoms. The second kappa shape index (κ2) is 12.4. The highest BCUT2D eigenvalue weighted by Crippen LogP contribution is 2.14. The van der Waals surface area contributed by atoms with Crippen molar-refractivity contribution in [1.29, 1.82) is 0 Å². The Morgan fingerprint density at radius 1 is 0.857 bits per heavy atom. The predicted octanol–water partition coefficient (Wildman–Crippen LogP) is 3.29. The first kappa shape index (κ1) is 29.2. The zero-order valence-electron chi connectivity index (χ0n) is 6.48. The Hall–Kier alpha value is -0.560. The van der Waals surface area contributed by atoms with Crippen LogP contribution in [-0.4, -0.2) is 0 Å². The standard InChI is InChI=1S/C6H4F2S.ClH.4FH/c7-4-2-1-3-5(8)6(4)9;;;;;/h1-3,9H;5*1H. The minimum atomic E-state index is -0.627. The van der Waals surface area contributed by atoms with Crippen molar-refractivity contribution in [2.45, 2.75) is 4.90 Å².